The number of aliphatic hydroxyl groups is 1. The number of aryl methyl sites for hydroxylation is 1. The maximum absolute atomic E-state index is 10.3. The van der Waals surface area contributed by atoms with Crippen molar-refractivity contribution in [2.45, 2.75) is 64.5 Å². The van der Waals surface area contributed by atoms with Crippen molar-refractivity contribution in [2.24, 2.45) is 5.92 Å². The Kier molecular flexibility index (Phi) is 4.60. The van der Waals surface area contributed by atoms with E-state index in [1.54, 1.807) is 6.20 Å². The number of aromatic nitrogens is 2. The number of hydrogen-bond acceptors (Lipinski definition) is 2. The van der Waals surface area contributed by atoms with Gasteiger partial charge >= 0.3 is 0 Å². The van der Waals surface area contributed by atoms with Crippen molar-refractivity contribution < 1.29 is 5.11 Å². The molecular weight excluding hydrogens is 212 g/mol. The predicted molar refractivity (Wildman–Crippen MR) is 68.7 cm³/mol. The van der Waals surface area contributed by atoms with Crippen molar-refractivity contribution >= 4 is 0 Å². The predicted octanol–water partition coefficient (Wildman–Crippen LogP) is 3.30. The summed E-state index contributed by atoms with van der Waals surface area (Å²) in [5.41, 5.74) is 0. The summed E-state index contributed by atoms with van der Waals surface area (Å²) in [6.07, 6.45) is 12.2. The first-order valence-electron chi connectivity index (χ1n) is 7.00. The van der Waals surface area contributed by atoms with E-state index in [0.29, 0.717) is 5.92 Å². The smallest absolute Gasteiger partial charge is 0.137 e. The van der Waals surface area contributed by atoms with Crippen LogP contribution in [-0.2, 0) is 6.54 Å². The number of hydrogen-bond donors (Lipinski definition) is 1. The highest BCUT2D eigenvalue weighted by Crippen LogP contribution is 2.30. The molecule has 3 heteroatoms. The van der Waals surface area contributed by atoms with Crippen molar-refractivity contribution in [3.63, 3.8) is 0 Å². The van der Waals surface area contributed by atoms with Crippen molar-refractivity contribution in [2.75, 3.05) is 0 Å². The largest absolute Gasteiger partial charge is 0.385 e. The molecule has 1 saturated carbocycles. The number of imidazole rings is 1. The van der Waals surface area contributed by atoms with E-state index in [-0.39, 0.29) is 6.10 Å². The fraction of sp³-hybridized carbons (Fsp3) is 0.786. The van der Waals surface area contributed by atoms with Gasteiger partial charge in [-0.15, -0.1) is 0 Å². The standard InChI is InChI=1S/C14H24N2O/c1-2-16-10-9-15-14(16)13(17)11-12-7-5-3-4-6-8-12/h9-10,12-13,17H,2-8,11H2,1H3. The minimum Gasteiger partial charge on any atom is -0.385 e. The van der Waals surface area contributed by atoms with Gasteiger partial charge in [-0.1, -0.05) is 38.5 Å². The van der Waals surface area contributed by atoms with Crippen LogP contribution in [0.1, 0.15) is 63.8 Å². The van der Waals surface area contributed by atoms with Gasteiger partial charge in [0, 0.05) is 18.9 Å². The molecule has 2 rings (SSSR count). The van der Waals surface area contributed by atoms with Gasteiger partial charge in [0.1, 0.15) is 11.9 Å². The maximum Gasteiger partial charge on any atom is 0.137 e. The molecule has 0 amide bonds. The van der Waals surface area contributed by atoms with Crippen LogP contribution < -0.4 is 0 Å². The normalized spacial score (nSPS) is 20.1. The van der Waals surface area contributed by atoms with Gasteiger partial charge in [-0.05, 0) is 19.3 Å². The van der Waals surface area contributed by atoms with Gasteiger partial charge in [-0.3, -0.25) is 0 Å². The topological polar surface area (TPSA) is 38.0 Å². The Morgan fingerprint density at radius 2 is 2.06 bits per heavy atom. The van der Waals surface area contributed by atoms with Gasteiger partial charge in [0.2, 0.25) is 0 Å². The van der Waals surface area contributed by atoms with Gasteiger partial charge in [0.15, 0.2) is 0 Å². The number of rotatable bonds is 4. The fourth-order valence-electron chi connectivity index (χ4n) is 2.91. The average Bonchev–Trinajstić information content (AvgIpc) is 2.68. The molecule has 1 aliphatic rings. The van der Waals surface area contributed by atoms with Gasteiger partial charge in [-0.25, -0.2) is 4.98 Å². The van der Waals surface area contributed by atoms with E-state index in [9.17, 15) is 5.11 Å². The Hall–Kier alpha value is -0.830. The molecule has 96 valence electrons. The summed E-state index contributed by atoms with van der Waals surface area (Å²) in [5, 5.41) is 10.3. The first kappa shape index (κ1) is 12.6. The van der Waals surface area contributed by atoms with Crippen LogP contribution in [0.4, 0.5) is 0 Å². The SMILES string of the molecule is CCn1ccnc1C(O)CC1CCCCCC1. The van der Waals surface area contributed by atoms with Crippen molar-refractivity contribution in [3.05, 3.63) is 18.2 Å². The first-order valence-corrected chi connectivity index (χ1v) is 7.00. The summed E-state index contributed by atoms with van der Waals surface area (Å²) < 4.78 is 2.04. The second kappa shape index (κ2) is 6.20. The Bertz CT molecular complexity index is 327. The zero-order valence-corrected chi connectivity index (χ0v) is 10.8. The van der Waals surface area contributed by atoms with E-state index in [2.05, 4.69) is 11.9 Å². The second-order valence-corrected chi connectivity index (χ2v) is 5.18. The third kappa shape index (κ3) is 3.32. The lowest BCUT2D eigenvalue weighted by atomic mass is 9.93. The Morgan fingerprint density at radius 3 is 2.71 bits per heavy atom. The molecule has 1 N–H and O–H groups in total. The molecule has 0 radical (unpaired) electrons. The molecule has 0 bridgehead atoms. The molecular formula is C14H24N2O. The van der Waals surface area contributed by atoms with E-state index in [0.717, 1.165) is 18.8 Å². The molecule has 1 aromatic rings. The summed E-state index contributed by atoms with van der Waals surface area (Å²) >= 11 is 0. The molecule has 17 heavy (non-hydrogen) atoms. The third-order valence-corrected chi connectivity index (χ3v) is 3.92. The van der Waals surface area contributed by atoms with E-state index < -0.39 is 0 Å². The maximum atomic E-state index is 10.3. The number of nitrogens with zero attached hydrogens (tertiary/aromatic N) is 2. The molecule has 1 aliphatic carbocycles. The molecule has 1 atom stereocenters. The zero-order chi connectivity index (χ0) is 12.1. The van der Waals surface area contributed by atoms with Crippen LogP contribution in [0, 0.1) is 5.92 Å². The number of aliphatic hydroxyl groups excluding tert-OH is 1. The average molecular weight is 236 g/mol. The van der Waals surface area contributed by atoms with Gasteiger partial charge < -0.3 is 9.67 Å². The van der Waals surface area contributed by atoms with E-state index in [1.165, 1.54) is 38.5 Å². The monoisotopic (exact) mass is 236 g/mol. The third-order valence-electron chi connectivity index (χ3n) is 3.92. The zero-order valence-electron chi connectivity index (χ0n) is 10.8. The molecule has 0 spiro atoms. The first-order chi connectivity index (χ1) is 8.31. The second-order valence-electron chi connectivity index (χ2n) is 5.18. The Morgan fingerprint density at radius 1 is 1.35 bits per heavy atom. The van der Waals surface area contributed by atoms with E-state index in [1.807, 2.05) is 10.8 Å². The Labute approximate surface area is 104 Å². The molecule has 1 unspecified atom stereocenters. The summed E-state index contributed by atoms with van der Waals surface area (Å²) in [6, 6.07) is 0. The molecule has 0 aromatic carbocycles. The molecule has 3 nitrogen and oxygen atoms in total. The van der Waals surface area contributed by atoms with Gasteiger partial charge in [0.05, 0.1) is 0 Å². The summed E-state index contributed by atoms with van der Waals surface area (Å²) in [7, 11) is 0. The molecule has 1 heterocycles. The molecule has 1 aromatic heterocycles. The highest BCUT2D eigenvalue weighted by Gasteiger charge is 2.20. The highest BCUT2D eigenvalue weighted by atomic mass is 16.3. The van der Waals surface area contributed by atoms with Crippen molar-refractivity contribution in [1.82, 2.24) is 9.55 Å². The Balaban J connectivity index is 1.93. The lowest BCUT2D eigenvalue weighted by Gasteiger charge is -2.18. The molecule has 0 saturated heterocycles. The van der Waals surface area contributed by atoms with Crippen LogP contribution in [0.15, 0.2) is 12.4 Å². The van der Waals surface area contributed by atoms with Crippen LogP contribution >= 0.6 is 0 Å². The van der Waals surface area contributed by atoms with Crippen LogP contribution in [-0.4, -0.2) is 14.7 Å². The summed E-state index contributed by atoms with van der Waals surface area (Å²) in [6.45, 7) is 2.97. The van der Waals surface area contributed by atoms with Gasteiger partial charge in [-0.2, -0.15) is 0 Å². The van der Waals surface area contributed by atoms with Gasteiger partial charge in [0.25, 0.3) is 0 Å². The molecule has 1 fully saturated rings. The quantitative estimate of drug-likeness (QED) is 0.815. The lowest BCUT2D eigenvalue weighted by Crippen LogP contribution is -2.12. The lowest BCUT2D eigenvalue weighted by molar-refractivity contribution is 0.126. The van der Waals surface area contributed by atoms with Crippen molar-refractivity contribution in [3.8, 4) is 0 Å². The van der Waals surface area contributed by atoms with Crippen LogP contribution in [0.3, 0.4) is 0 Å². The van der Waals surface area contributed by atoms with Crippen LogP contribution in [0.5, 0.6) is 0 Å². The summed E-state index contributed by atoms with van der Waals surface area (Å²) in [5.74, 6) is 1.53. The molecule has 0 aliphatic heterocycles. The van der Waals surface area contributed by atoms with Crippen LogP contribution in [0.25, 0.3) is 0 Å². The highest BCUT2D eigenvalue weighted by molar-refractivity contribution is 4.96. The van der Waals surface area contributed by atoms with Crippen LogP contribution in [0.2, 0.25) is 0 Å². The van der Waals surface area contributed by atoms with Crippen molar-refractivity contribution in [1.29, 1.82) is 0 Å². The summed E-state index contributed by atoms with van der Waals surface area (Å²) in [4.78, 5) is 4.29. The van der Waals surface area contributed by atoms with E-state index >= 15 is 0 Å². The fourth-order valence-corrected chi connectivity index (χ4v) is 2.91. The minimum atomic E-state index is -0.381. The minimum absolute atomic E-state index is 0.381. The van der Waals surface area contributed by atoms with E-state index in [4.69, 9.17) is 0 Å².